The summed E-state index contributed by atoms with van der Waals surface area (Å²) in [6.07, 6.45) is 6.86. The van der Waals surface area contributed by atoms with Crippen LogP contribution in [0.1, 0.15) is 66.7 Å². The Hall–Kier alpha value is -0.0800. The van der Waals surface area contributed by atoms with Gasteiger partial charge in [-0.1, -0.05) is 13.3 Å². The van der Waals surface area contributed by atoms with Gasteiger partial charge in [0.2, 0.25) is 0 Å². The Morgan fingerprint density at radius 1 is 1.11 bits per heavy atom. The maximum atomic E-state index is 3.56. The monoisotopic (exact) mass is 254 g/mol. The molecular formula is C16H34N2. The predicted molar refractivity (Wildman–Crippen MR) is 81.0 cm³/mol. The van der Waals surface area contributed by atoms with Crippen LogP contribution in [-0.4, -0.2) is 36.1 Å². The summed E-state index contributed by atoms with van der Waals surface area (Å²) in [4.78, 5) is 2.70. The number of likely N-dealkylation sites (tertiary alicyclic amines) is 1. The van der Waals surface area contributed by atoms with E-state index in [-0.39, 0.29) is 5.54 Å². The minimum absolute atomic E-state index is 0.275. The molecule has 0 aromatic rings. The molecule has 0 saturated carbocycles. The van der Waals surface area contributed by atoms with Crippen molar-refractivity contribution in [2.75, 3.05) is 19.6 Å². The number of unbranched alkanes of at least 4 members (excludes halogenated alkanes) is 2. The lowest BCUT2D eigenvalue weighted by Crippen LogP contribution is -2.42. The van der Waals surface area contributed by atoms with Gasteiger partial charge in [0.25, 0.3) is 0 Å². The van der Waals surface area contributed by atoms with Crippen molar-refractivity contribution in [3.8, 4) is 0 Å². The summed E-state index contributed by atoms with van der Waals surface area (Å²) in [6.45, 7) is 15.3. The number of rotatable bonds is 6. The Labute approximate surface area is 115 Å². The molecule has 1 aliphatic rings. The average molecular weight is 254 g/mol. The van der Waals surface area contributed by atoms with Crippen molar-refractivity contribution in [2.45, 2.75) is 78.3 Å². The Bertz CT molecular complexity index is 220. The molecule has 1 aliphatic heterocycles. The van der Waals surface area contributed by atoms with E-state index in [0.717, 1.165) is 18.5 Å². The van der Waals surface area contributed by atoms with E-state index < -0.39 is 0 Å². The Kier molecular flexibility index (Phi) is 6.65. The second-order valence-corrected chi connectivity index (χ2v) is 7.13. The highest BCUT2D eigenvalue weighted by Gasteiger charge is 2.23. The predicted octanol–water partition coefficient (Wildman–Crippen LogP) is 3.67. The fraction of sp³-hybridized carbons (Fsp3) is 1.00. The van der Waals surface area contributed by atoms with Crippen LogP contribution in [0.4, 0.5) is 0 Å². The minimum atomic E-state index is 0.275. The van der Waals surface area contributed by atoms with E-state index in [2.05, 4.69) is 44.8 Å². The molecule has 1 saturated heterocycles. The van der Waals surface area contributed by atoms with E-state index >= 15 is 0 Å². The largest absolute Gasteiger partial charge is 0.312 e. The first-order valence-corrected chi connectivity index (χ1v) is 7.89. The average Bonchev–Trinajstić information content (AvgIpc) is 2.27. The molecule has 18 heavy (non-hydrogen) atoms. The van der Waals surface area contributed by atoms with Gasteiger partial charge in [-0.05, 0) is 78.9 Å². The van der Waals surface area contributed by atoms with Crippen LogP contribution in [0.3, 0.4) is 0 Å². The molecule has 0 spiro atoms. The SMILES string of the molecule is CC1CCCN(CCCCCNC(C)(C)C)C1C. The van der Waals surface area contributed by atoms with Gasteiger partial charge in [0.05, 0.1) is 0 Å². The zero-order valence-corrected chi connectivity index (χ0v) is 13.3. The molecule has 0 aromatic carbocycles. The summed E-state index contributed by atoms with van der Waals surface area (Å²) >= 11 is 0. The number of hydrogen-bond acceptors (Lipinski definition) is 2. The van der Waals surface area contributed by atoms with E-state index in [0.29, 0.717) is 0 Å². The molecule has 0 aromatic heterocycles. The Morgan fingerprint density at radius 3 is 2.50 bits per heavy atom. The summed E-state index contributed by atoms with van der Waals surface area (Å²) in [5.41, 5.74) is 0.275. The first-order valence-electron chi connectivity index (χ1n) is 7.89. The fourth-order valence-electron chi connectivity index (χ4n) is 2.82. The van der Waals surface area contributed by atoms with Crippen LogP contribution in [0, 0.1) is 5.92 Å². The van der Waals surface area contributed by atoms with Crippen LogP contribution in [0.2, 0.25) is 0 Å². The molecule has 1 heterocycles. The van der Waals surface area contributed by atoms with Crippen molar-refractivity contribution >= 4 is 0 Å². The molecule has 2 heteroatoms. The van der Waals surface area contributed by atoms with Crippen LogP contribution in [0.25, 0.3) is 0 Å². The van der Waals surface area contributed by atoms with Crippen molar-refractivity contribution in [1.29, 1.82) is 0 Å². The minimum Gasteiger partial charge on any atom is -0.312 e. The van der Waals surface area contributed by atoms with Gasteiger partial charge in [-0.15, -0.1) is 0 Å². The molecule has 1 rings (SSSR count). The number of nitrogens with one attached hydrogen (secondary N) is 1. The molecule has 0 bridgehead atoms. The van der Waals surface area contributed by atoms with Gasteiger partial charge in [-0.3, -0.25) is 0 Å². The summed E-state index contributed by atoms with van der Waals surface area (Å²) < 4.78 is 0. The lowest BCUT2D eigenvalue weighted by atomic mass is 9.92. The second kappa shape index (κ2) is 7.49. The van der Waals surface area contributed by atoms with E-state index in [4.69, 9.17) is 0 Å². The first-order chi connectivity index (χ1) is 8.40. The van der Waals surface area contributed by atoms with Crippen LogP contribution in [-0.2, 0) is 0 Å². The molecular weight excluding hydrogens is 220 g/mol. The lowest BCUT2D eigenvalue weighted by Gasteiger charge is -2.38. The third kappa shape index (κ3) is 6.19. The van der Waals surface area contributed by atoms with Gasteiger partial charge < -0.3 is 10.2 Å². The van der Waals surface area contributed by atoms with E-state index in [9.17, 15) is 0 Å². The maximum Gasteiger partial charge on any atom is 0.00965 e. The van der Waals surface area contributed by atoms with E-state index in [1.165, 1.54) is 45.2 Å². The molecule has 1 fully saturated rings. The van der Waals surface area contributed by atoms with Crippen LogP contribution in [0.5, 0.6) is 0 Å². The van der Waals surface area contributed by atoms with Crippen molar-refractivity contribution in [3.05, 3.63) is 0 Å². The van der Waals surface area contributed by atoms with Crippen molar-refractivity contribution < 1.29 is 0 Å². The molecule has 2 nitrogen and oxygen atoms in total. The summed E-state index contributed by atoms with van der Waals surface area (Å²) in [7, 11) is 0. The van der Waals surface area contributed by atoms with Gasteiger partial charge in [-0.2, -0.15) is 0 Å². The summed E-state index contributed by atoms with van der Waals surface area (Å²) in [5, 5.41) is 3.56. The van der Waals surface area contributed by atoms with Gasteiger partial charge in [0.1, 0.15) is 0 Å². The van der Waals surface area contributed by atoms with Crippen LogP contribution < -0.4 is 5.32 Å². The first kappa shape index (κ1) is 16.0. The lowest BCUT2D eigenvalue weighted by molar-refractivity contribution is 0.112. The van der Waals surface area contributed by atoms with Gasteiger partial charge in [0, 0.05) is 11.6 Å². The third-order valence-electron chi connectivity index (χ3n) is 4.28. The molecule has 2 unspecified atom stereocenters. The zero-order valence-electron chi connectivity index (χ0n) is 13.3. The molecule has 0 radical (unpaired) electrons. The van der Waals surface area contributed by atoms with Gasteiger partial charge in [-0.25, -0.2) is 0 Å². The summed E-state index contributed by atoms with van der Waals surface area (Å²) in [6, 6.07) is 0.798. The normalized spacial score (nSPS) is 26.5. The fourth-order valence-corrected chi connectivity index (χ4v) is 2.82. The zero-order chi connectivity index (χ0) is 13.6. The number of nitrogens with zero attached hydrogens (tertiary/aromatic N) is 1. The van der Waals surface area contributed by atoms with Crippen molar-refractivity contribution in [1.82, 2.24) is 10.2 Å². The molecule has 108 valence electrons. The highest BCUT2D eigenvalue weighted by molar-refractivity contribution is 4.78. The maximum absolute atomic E-state index is 3.56. The van der Waals surface area contributed by atoms with E-state index in [1.807, 2.05) is 0 Å². The van der Waals surface area contributed by atoms with Crippen molar-refractivity contribution in [3.63, 3.8) is 0 Å². The topological polar surface area (TPSA) is 15.3 Å². The van der Waals surface area contributed by atoms with Gasteiger partial charge >= 0.3 is 0 Å². The highest BCUT2D eigenvalue weighted by Crippen LogP contribution is 2.22. The van der Waals surface area contributed by atoms with E-state index in [1.54, 1.807) is 0 Å². The Balaban J connectivity index is 2.04. The third-order valence-corrected chi connectivity index (χ3v) is 4.28. The van der Waals surface area contributed by atoms with Crippen molar-refractivity contribution in [2.24, 2.45) is 5.92 Å². The molecule has 0 amide bonds. The standard InChI is InChI=1S/C16H34N2/c1-14-10-9-13-18(15(14)2)12-8-6-7-11-17-16(3,4)5/h14-15,17H,6-13H2,1-5H3. The number of hydrogen-bond donors (Lipinski definition) is 1. The summed E-state index contributed by atoms with van der Waals surface area (Å²) in [5.74, 6) is 0.890. The second-order valence-electron chi connectivity index (χ2n) is 7.13. The molecule has 1 N–H and O–H groups in total. The smallest absolute Gasteiger partial charge is 0.00965 e. The highest BCUT2D eigenvalue weighted by atomic mass is 15.2. The quantitative estimate of drug-likeness (QED) is 0.728. The molecule has 2 atom stereocenters. The molecule has 0 aliphatic carbocycles. The Morgan fingerprint density at radius 2 is 1.83 bits per heavy atom. The number of piperidine rings is 1. The van der Waals surface area contributed by atoms with Crippen LogP contribution >= 0.6 is 0 Å². The van der Waals surface area contributed by atoms with Gasteiger partial charge in [0.15, 0.2) is 0 Å². The van der Waals surface area contributed by atoms with Crippen LogP contribution in [0.15, 0.2) is 0 Å².